The lowest BCUT2D eigenvalue weighted by Crippen LogP contribution is -2.58. The first-order valence-corrected chi connectivity index (χ1v) is 7.67. The van der Waals surface area contributed by atoms with Crippen LogP contribution in [0.4, 0.5) is 0 Å². The van der Waals surface area contributed by atoms with Crippen LogP contribution in [0.5, 0.6) is 0 Å². The van der Waals surface area contributed by atoms with Gasteiger partial charge in [0, 0.05) is 6.04 Å². The van der Waals surface area contributed by atoms with Gasteiger partial charge in [-0.1, -0.05) is 55.5 Å². The number of hydrogen-bond acceptors (Lipinski definition) is 1. The Morgan fingerprint density at radius 3 is 1.95 bits per heavy atom. The molecule has 2 aromatic rings. The first-order valence-electron chi connectivity index (χ1n) is 7.67. The van der Waals surface area contributed by atoms with E-state index in [1.807, 2.05) is 0 Å². The molecule has 1 nitrogen and oxygen atoms in total. The van der Waals surface area contributed by atoms with Crippen molar-refractivity contribution < 1.29 is 0 Å². The summed E-state index contributed by atoms with van der Waals surface area (Å²) in [5.41, 5.74) is 6.22. The number of fused-ring (bicyclic) bond motifs is 6. The number of nitrogens with zero attached hydrogens (tertiary/aromatic N) is 1. The maximum Gasteiger partial charge on any atom is 0.0718 e. The van der Waals surface area contributed by atoms with Crippen molar-refractivity contribution in [3.05, 3.63) is 70.8 Å². The third-order valence-electron chi connectivity index (χ3n) is 5.50. The zero-order valence-electron chi connectivity index (χ0n) is 12.3. The summed E-state index contributed by atoms with van der Waals surface area (Å²) in [7, 11) is 2.32. The molecule has 0 aliphatic carbocycles. The maximum absolute atomic E-state index is 2.64. The Labute approximate surface area is 121 Å². The van der Waals surface area contributed by atoms with E-state index in [-0.39, 0.29) is 5.54 Å². The van der Waals surface area contributed by atoms with Gasteiger partial charge in [0.15, 0.2) is 0 Å². The first-order chi connectivity index (χ1) is 9.77. The molecule has 0 fully saturated rings. The van der Waals surface area contributed by atoms with Crippen LogP contribution in [0.25, 0.3) is 0 Å². The molecule has 2 bridgehead atoms. The average molecular weight is 263 g/mol. The second-order valence-electron chi connectivity index (χ2n) is 6.20. The van der Waals surface area contributed by atoms with Crippen LogP contribution in [0.2, 0.25) is 0 Å². The maximum atomic E-state index is 2.64. The van der Waals surface area contributed by atoms with E-state index in [1.165, 1.54) is 24.0 Å². The number of hydrogen-bond donors (Lipinski definition) is 0. The highest BCUT2D eigenvalue weighted by Crippen LogP contribution is 2.49. The molecule has 0 aromatic heterocycles. The van der Waals surface area contributed by atoms with Gasteiger partial charge in [0.1, 0.15) is 0 Å². The van der Waals surface area contributed by atoms with Crippen LogP contribution in [-0.4, -0.2) is 18.0 Å². The van der Waals surface area contributed by atoms with Gasteiger partial charge in [0.2, 0.25) is 0 Å². The van der Waals surface area contributed by atoms with Gasteiger partial charge in [-0.2, -0.15) is 0 Å². The topological polar surface area (TPSA) is 3.24 Å². The van der Waals surface area contributed by atoms with E-state index in [0.29, 0.717) is 6.04 Å². The minimum Gasteiger partial charge on any atom is -0.289 e. The van der Waals surface area contributed by atoms with Gasteiger partial charge in [0.05, 0.1) is 5.54 Å². The van der Waals surface area contributed by atoms with Crippen molar-refractivity contribution >= 4 is 0 Å². The van der Waals surface area contributed by atoms with Crippen molar-refractivity contribution in [2.45, 2.75) is 37.8 Å². The second kappa shape index (κ2) is 4.20. The highest BCUT2D eigenvalue weighted by molar-refractivity contribution is 5.51. The molecular weight excluding hydrogens is 242 g/mol. The lowest BCUT2D eigenvalue weighted by atomic mass is 9.67. The molecule has 0 atom stereocenters. The van der Waals surface area contributed by atoms with Gasteiger partial charge < -0.3 is 0 Å². The Kier molecular flexibility index (Phi) is 2.55. The normalized spacial score (nSPS) is 27.8. The van der Waals surface area contributed by atoms with E-state index in [9.17, 15) is 0 Å². The lowest BCUT2D eigenvalue weighted by molar-refractivity contribution is 0.0670. The molecule has 0 radical (unpaired) electrons. The van der Waals surface area contributed by atoms with Crippen LogP contribution < -0.4 is 0 Å². The molecule has 2 aliphatic rings. The van der Waals surface area contributed by atoms with Gasteiger partial charge in [-0.05, 0) is 48.6 Å². The van der Waals surface area contributed by atoms with Gasteiger partial charge in [-0.3, -0.25) is 4.90 Å². The minimum atomic E-state index is 0.0777. The monoisotopic (exact) mass is 263 g/mol. The van der Waals surface area contributed by atoms with E-state index >= 15 is 0 Å². The number of benzene rings is 2. The van der Waals surface area contributed by atoms with Gasteiger partial charge >= 0.3 is 0 Å². The summed E-state index contributed by atoms with van der Waals surface area (Å²) < 4.78 is 0. The fraction of sp³-hybridized carbons (Fsp3) is 0.368. The molecule has 2 aliphatic heterocycles. The van der Waals surface area contributed by atoms with E-state index in [2.05, 4.69) is 67.4 Å². The number of likely N-dealkylation sites (N-methyl/N-ethyl adjacent to an activating group) is 1. The van der Waals surface area contributed by atoms with Crippen molar-refractivity contribution in [2.24, 2.45) is 0 Å². The fourth-order valence-corrected chi connectivity index (χ4v) is 4.52. The van der Waals surface area contributed by atoms with Crippen molar-refractivity contribution in [2.75, 3.05) is 7.05 Å². The zero-order chi connectivity index (χ0) is 13.7. The standard InChI is InChI=1S/C19H21N/c1-3-19-17-10-6-4-8-14(17)12-16(20(19)2)13-15-9-5-7-11-18(15)19/h4-11,16H,3,12-13H2,1-2H3. The van der Waals surface area contributed by atoms with Gasteiger partial charge in [-0.15, -0.1) is 0 Å². The van der Waals surface area contributed by atoms with Crippen LogP contribution in [0.15, 0.2) is 48.5 Å². The molecular formula is C19H21N. The van der Waals surface area contributed by atoms with Crippen LogP contribution in [0.3, 0.4) is 0 Å². The van der Waals surface area contributed by atoms with E-state index in [1.54, 1.807) is 11.1 Å². The first kappa shape index (κ1) is 12.2. The Morgan fingerprint density at radius 1 is 0.950 bits per heavy atom. The van der Waals surface area contributed by atoms with Gasteiger partial charge in [0.25, 0.3) is 0 Å². The zero-order valence-corrected chi connectivity index (χ0v) is 12.3. The van der Waals surface area contributed by atoms with Crippen LogP contribution in [0, 0.1) is 0 Å². The molecule has 2 aromatic carbocycles. The van der Waals surface area contributed by atoms with Crippen LogP contribution in [0.1, 0.15) is 35.6 Å². The summed E-state index contributed by atoms with van der Waals surface area (Å²) in [5, 5.41) is 0. The van der Waals surface area contributed by atoms with Crippen molar-refractivity contribution in [1.29, 1.82) is 0 Å². The number of rotatable bonds is 1. The SMILES string of the molecule is CCC12c3ccccc3CC(Cc3ccccc31)N2C. The van der Waals surface area contributed by atoms with Crippen molar-refractivity contribution in [1.82, 2.24) is 4.90 Å². The molecule has 102 valence electrons. The van der Waals surface area contributed by atoms with Crippen LogP contribution in [-0.2, 0) is 18.4 Å². The third kappa shape index (κ3) is 1.36. The largest absolute Gasteiger partial charge is 0.289 e. The van der Waals surface area contributed by atoms with Crippen molar-refractivity contribution in [3.8, 4) is 0 Å². The Bertz CT molecular complexity index is 609. The average Bonchev–Trinajstić information content (AvgIpc) is 2.48. The second-order valence-corrected chi connectivity index (χ2v) is 6.20. The van der Waals surface area contributed by atoms with Crippen molar-refractivity contribution in [3.63, 3.8) is 0 Å². The minimum absolute atomic E-state index is 0.0777. The smallest absolute Gasteiger partial charge is 0.0718 e. The molecule has 0 saturated heterocycles. The Morgan fingerprint density at radius 2 is 1.45 bits per heavy atom. The molecule has 20 heavy (non-hydrogen) atoms. The molecule has 2 heterocycles. The predicted octanol–water partition coefficient (Wildman–Crippen LogP) is 3.75. The fourth-order valence-electron chi connectivity index (χ4n) is 4.52. The van der Waals surface area contributed by atoms with E-state index < -0.39 is 0 Å². The third-order valence-corrected chi connectivity index (χ3v) is 5.50. The Balaban J connectivity index is 2.07. The highest BCUT2D eigenvalue weighted by Gasteiger charge is 2.48. The molecule has 4 rings (SSSR count). The Hall–Kier alpha value is -1.60. The highest BCUT2D eigenvalue weighted by atomic mass is 15.2. The molecule has 0 N–H and O–H groups in total. The summed E-state index contributed by atoms with van der Waals surface area (Å²) in [4.78, 5) is 2.64. The summed E-state index contributed by atoms with van der Waals surface area (Å²) in [6.45, 7) is 2.33. The van der Waals surface area contributed by atoms with E-state index in [4.69, 9.17) is 0 Å². The lowest BCUT2D eigenvalue weighted by Gasteiger charge is -2.55. The van der Waals surface area contributed by atoms with Crippen LogP contribution >= 0.6 is 0 Å². The van der Waals surface area contributed by atoms with E-state index in [0.717, 1.165) is 6.42 Å². The summed E-state index contributed by atoms with van der Waals surface area (Å²) >= 11 is 0. The summed E-state index contributed by atoms with van der Waals surface area (Å²) in [5.74, 6) is 0. The summed E-state index contributed by atoms with van der Waals surface area (Å²) in [6, 6.07) is 18.7. The molecule has 0 amide bonds. The molecule has 0 unspecified atom stereocenters. The molecule has 0 saturated carbocycles. The quantitative estimate of drug-likeness (QED) is 0.757. The molecule has 1 heteroatoms. The predicted molar refractivity (Wildman–Crippen MR) is 82.9 cm³/mol. The molecule has 0 spiro atoms. The van der Waals surface area contributed by atoms with Gasteiger partial charge in [-0.25, -0.2) is 0 Å². The summed E-state index contributed by atoms with van der Waals surface area (Å²) in [6.07, 6.45) is 3.50.